The second-order valence-electron chi connectivity index (χ2n) is 14.3. The van der Waals surface area contributed by atoms with Crippen molar-refractivity contribution in [3.63, 3.8) is 0 Å². The molecule has 0 radical (unpaired) electrons. The van der Waals surface area contributed by atoms with Crippen LogP contribution in [0.15, 0.2) is 131 Å². The number of aliphatic hydroxyl groups is 2. The van der Waals surface area contributed by atoms with Crippen LogP contribution in [0.1, 0.15) is 33.4 Å². The highest BCUT2D eigenvalue weighted by molar-refractivity contribution is 5.82. The molecule has 10 nitrogen and oxygen atoms in total. The lowest BCUT2D eigenvalue weighted by Gasteiger charge is -2.32. The predicted octanol–water partition coefficient (Wildman–Crippen LogP) is 7.93. The lowest BCUT2D eigenvalue weighted by atomic mass is 9.85. The fourth-order valence-corrected chi connectivity index (χ4v) is 6.96. The van der Waals surface area contributed by atoms with Crippen LogP contribution in [0.3, 0.4) is 0 Å². The van der Waals surface area contributed by atoms with Gasteiger partial charge >= 0.3 is 12.4 Å². The molecular formula is C43H32F8N6O4. The van der Waals surface area contributed by atoms with E-state index in [4.69, 9.17) is 0 Å². The molecule has 314 valence electrons. The van der Waals surface area contributed by atoms with Gasteiger partial charge in [-0.1, -0.05) is 12.1 Å². The van der Waals surface area contributed by atoms with Crippen LogP contribution in [-0.2, 0) is 18.2 Å². The van der Waals surface area contributed by atoms with Crippen LogP contribution in [0.4, 0.5) is 35.1 Å². The number of nitrogens with one attached hydrogen (secondary N) is 1. The quantitative estimate of drug-likeness (QED) is 0.146. The second-order valence-corrected chi connectivity index (χ2v) is 14.3. The normalized spacial score (nSPS) is 14.0. The van der Waals surface area contributed by atoms with Gasteiger partial charge in [0.2, 0.25) is 11.2 Å². The maximum absolute atomic E-state index is 14.2. The van der Waals surface area contributed by atoms with Crippen molar-refractivity contribution >= 4 is 21.8 Å². The van der Waals surface area contributed by atoms with E-state index in [2.05, 4.69) is 15.2 Å². The number of rotatable bonds is 6. The fraction of sp³-hybridized carbons (Fsp3) is 0.163. The molecule has 0 saturated heterocycles. The molecule has 61 heavy (non-hydrogen) atoms. The third kappa shape index (κ3) is 7.48. The first-order valence-electron chi connectivity index (χ1n) is 18.1. The average Bonchev–Trinajstić information content (AvgIpc) is 3.84. The van der Waals surface area contributed by atoms with Crippen LogP contribution >= 0.6 is 0 Å². The van der Waals surface area contributed by atoms with Crippen molar-refractivity contribution in [3.8, 4) is 11.4 Å². The van der Waals surface area contributed by atoms with Crippen LogP contribution in [0.5, 0.6) is 0 Å². The van der Waals surface area contributed by atoms with Gasteiger partial charge in [-0.05, 0) is 110 Å². The summed E-state index contributed by atoms with van der Waals surface area (Å²) in [4.78, 5) is 25.7. The summed E-state index contributed by atoms with van der Waals surface area (Å²) in [6.07, 6.45) is -5.55. The van der Waals surface area contributed by atoms with Gasteiger partial charge in [0, 0.05) is 52.5 Å². The summed E-state index contributed by atoms with van der Waals surface area (Å²) in [5, 5.41) is 30.8. The Morgan fingerprint density at radius 3 is 1.41 bits per heavy atom. The Balaban J connectivity index is 0.000000184. The maximum Gasteiger partial charge on any atom is 0.425 e. The first kappa shape index (κ1) is 42.2. The Morgan fingerprint density at radius 2 is 1.00 bits per heavy atom. The molecule has 0 bridgehead atoms. The summed E-state index contributed by atoms with van der Waals surface area (Å²) in [7, 11) is 1.32. The van der Waals surface area contributed by atoms with E-state index in [-0.39, 0.29) is 11.1 Å². The van der Waals surface area contributed by atoms with Gasteiger partial charge in [0.05, 0.1) is 34.8 Å². The number of aryl methyl sites for hydroxylation is 3. The standard InChI is InChI=1S/C22H17F4N3O2.C21H15F4N3O2/c1-13-9-16(12-28(2)20(13)30)21(31,22(24,25)26)15-3-8-19-14(10-15)11-27-29(19)18-6-4-17(23)5-7-18;1-12-8-15(11-26-19(12)29)20(30,21(23,24)25)14-2-7-18-13(9-14)10-27-28(18)17-5-3-16(22)4-6-17/h3-12,31H,1-2H3;2-11,30H,1H3,(H,26,29). The highest BCUT2D eigenvalue weighted by atomic mass is 19.4. The minimum absolute atomic E-state index is 0.0420. The van der Waals surface area contributed by atoms with Crippen molar-refractivity contribution in [1.82, 2.24) is 29.1 Å². The topological polar surface area (TPSA) is 131 Å². The van der Waals surface area contributed by atoms with Crippen molar-refractivity contribution in [2.75, 3.05) is 0 Å². The summed E-state index contributed by atoms with van der Waals surface area (Å²) in [6.45, 7) is 2.74. The molecule has 0 spiro atoms. The van der Waals surface area contributed by atoms with Crippen LogP contribution in [-0.4, -0.2) is 51.7 Å². The highest BCUT2D eigenvalue weighted by Gasteiger charge is 2.57. The number of nitrogens with zero attached hydrogens (tertiary/aromatic N) is 5. The average molecular weight is 849 g/mol. The zero-order valence-corrected chi connectivity index (χ0v) is 32.0. The van der Waals surface area contributed by atoms with Crippen molar-refractivity contribution in [2.24, 2.45) is 7.05 Å². The molecule has 18 heteroatoms. The van der Waals surface area contributed by atoms with E-state index >= 15 is 0 Å². The Hall–Kier alpha value is -6.92. The molecule has 8 aromatic rings. The minimum Gasteiger partial charge on any atom is -0.372 e. The van der Waals surface area contributed by atoms with Crippen LogP contribution < -0.4 is 11.1 Å². The molecule has 2 unspecified atom stereocenters. The summed E-state index contributed by atoms with van der Waals surface area (Å²) in [5.41, 5.74) is -7.34. The molecule has 0 aliphatic heterocycles. The van der Waals surface area contributed by atoms with Crippen molar-refractivity contribution < 1.29 is 45.3 Å². The van der Waals surface area contributed by atoms with Gasteiger partial charge in [0.25, 0.3) is 11.1 Å². The number of alkyl halides is 6. The Kier molecular flexibility index (Phi) is 10.6. The zero-order chi connectivity index (χ0) is 44.2. The summed E-state index contributed by atoms with van der Waals surface area (Å²) < 4.78 is 115. The zero-order valence-electron chi connectivity index (χ0n) is 32.0. The van der Waals surface area contributed by atoms with E-state index in [1.807, 2.05) is 0 Å². The summed E-state index contributed by atoms with van der Waals surface area (Å²) in [6, 6.07) is 20.5. The van der Waals surface area contributed by atoms with Gasteiger partial charge in [0.15, 0.2) is 0 Å². The van der Waals surface area contributed by atoms with E-state index in [1.165, 1.54) is 115 Å². The number of hydrogen-bond donors (Lipinski definition) is 3. The van der Waals surface area contributed by atoms with Gasteiger partial charge in [0.1, 0.15) is 11.6 Å². The Morgan fingerprint density at radius 1 is 0.574 bits per heavy atom. The highest BCUT2D eigenvalue weighted by Crippen LogP contribution is 2.46. The van der Waals surface area contributed by atoms with E-state index < -0.39 is 68.6 Å². The number of halogens is 8. The van der Waals surface area contributed by atoms with E-state index in [0.717, 1.165) is 41.2 Å². The van der Waals surface area contributed by atoms with E-state index in [1.54, 1.807) is 0 Å². The summed E-state index contributed by atoms with van der Waals surface area (Å²) >= 11 is 0. The van der Waals surface area contributed by atoms with Crippen LogP contribution in [0.2, 0.25) is 0 Å². The summed E-state index contributed by atoms with van der Waals surface area (Å²) in [5.74, 6) is -0.853. The smallest absolute Gasteiger partial charge is 0.372 e. The number of benzene rings is 4. The lowest BCUT2D eigenvalue weighted by Crippen LogP contribution is -2.44. The van der Waals surface area contributed by atoms with Crippen molar-refractivity contribution in [1.29, 1.82) is 0 Å². The third-order valence-corrected chi connectivity index (χ3v) is 10.2. The number of fused-ring (bicyclic) bond motifs is 2. The predicted molar refractivity (Wildman–Crippen MR) is 208 cm³/mol. The molecule has 0 fully saturated rings. The van der Waals surface area contributed by atoms with Crippen molar-refractivity contribution in [3.05, 3.63) is 188 Å². The largest absolute Gasteiger partial charge is 0.425 e. The van der Waals surface area contributed by atoms with Gasteiger partial charge in [-0.2, -0.15) is 36.5 Å². The molecule has 4 aromatic heterocycles. The van der Waals surface area contributed by atoms with Gasteiger partial charge in [-0.3, -0.25) is 9.59 Å². The van der Waals surface area contributed by atoms with E-state index in [9.17, 15) is 54.9 Å². The van der Waals surface area contributed by atoms with Crippen LogP contribution in [0.25, 0.3) is 33.2 Å². The molecule has 0 aliphatic rings. The third-order valence-electron chi connectivity index (χ3n) is 10.2. The lowest BCUT2D eigenvalue weighted by molar-refractivity contribution is -0.248. The molecule has 0 aliphatic carbocycles. The number of pyridine rings is 2. The van der Waals surface area contributed by atoms with E-state index in [0.29, 0.717) is 33.2 Å². The number of H-pyrrole nitrogens is 1. The molecule has 2 atom stereocenters. The Bertz CT molecular complexity index is 3020. The van der Waals surface area contributed by atoms with Gasteiger partial charge in [-0.25, -0.2) is 18.1 Å². The number of aromatic nitrogens is 6. The number of hydrogen-bond acceptors (Lipinski definition) is 6. The molecule has 8 rings (SSSR count). The first-order valence-corrected chi connectivity index (χ1v) is 18.1. The fourth-order valence-electron chi connectivity index (χ4n) is 6.96. The molecule has 4 heterocycles. The second kappa shape index (κ2) is 15.3. The van der Waals surface area contributed by atoms with Crippen LogP contribution in [0, 0.1) is 25.5 Å². The molecule has 3 N–H and O–H groups in total. The molecule has 0 amide bonds. The SMILES string of the molecule is Cc1cc(C(O)(c2ccc3c(cnn3-c3ccc(F)cc3)c2)C(F)(F)F)c[nH]c1=O.Cc1cc(C(O)(c2ccc3c(cnn3-c3ccc(F)cc3)c2)C(F)(F)F)cn(C)c1=O. The maximum atomic E-state index is 14.2. The van der Waals surface area contributed by atoms with Gasteiger partial charge < -0.3 is 19.8 Å². The number of aromatic amines is 1. The monoisotopic (exact) mass is 848 g/mol. The van der Waals surface area contributed by atoms with Crippen molar-refractivity contribution in [2.45, 2.75) is 37.4 Å². The van der Waals surface area contributed by atoms with Gasteiger partial charge in [-0.15, -0.1) is 0 Å². The first-order chi connectivity index (χ1) is 28.6. The molecular weight excluding hydrogens is 816 g/mol. The Labute approximate surface area is 339 Å². The molecule has 0 saturated carbocycles. The molecule has 4 aromatic carbocycles. The minimum atomic E-state index is -5.06.